The molecule has 0 radical (unpaired) electrons. The molecule has 8 nitrogen and oxygen atoms in total. The Kier molecular flexibility index (Phi) is 13.6. The van der Waals surface area contributed by atoms with Gasteiger partial charge in [0.05, 0.1) is 12.1 Å². The van der Waals surface area contributed by atoms with Crippen molar-refractivity contribution in [3.8, 4) is 0 Å². The van der Waals surface area contributed by atoms with Crippen molar-refractivity contribution in [3.63, 3.8) is 0 Å². The molecule has 0 fully saturated rings. The maximum absolute atomic E-state index is 11.7. The zero-order valence-corrected chi connectivity index (χ0v) is 14.1. The lowest BCUT2D eigenvalue weighted by molar-refractivity contribution is -0.122. The highest BCUT2D eigenvalue weighted by Gasteiger charge is 2.13. The topological polar surface area (TPSA) is 162 Å². The number of nitrogens with one attached hydrogen (secondary N) is 2. The van der Waals surface area contributed by atoms with E-state index in [-0.39, 0.29) is 11.8 Å². The monoisotopic (exact) mass is 330 g/mol. The smallest absolute Gasteiger partial charge is 0.236 e. The molecule has 10 N–H and O–H groups in total. The van der Waals surface area contributed by atoms with Gasteiger partial charge < -0.3 is 33.6 Å². The van der Waals surface area contributed by atoms with Gasteiger partial charge >= 0.3 is 0 Å². The third-order valence-corrected chi connectivity index (χ3v) is 3.56. The van der Waals surface area contributed by atoms with Crippen molar-refractivity contribution in [2.24, 2.45) is 22.9 Å². The predicted octanol–water partition coefficient (Wildman–Crippen LogP) is -1.48. The van der Waals surface area contributed by atoms with Crippen molar-refractivity contribution in [2.45, 2.75) is 57.0 Å². The number of hydrogen-bond acceptors (Lipinski definition) is 6. The number of carbonyl (C=O) groups is 2. The SMILES string of the molecule is NCCCC[C@H](N)C(=O)NCCCNC(=O)[C@@H](N)CCCCN. The summed E-state index contributed by atoms with van der Waals surface area (Å²) in [4.78, 5) is 23.4. The fraction of sp³-hybridized carbons (Fsp3) is 0.867. The summed E-state index contributed by atoms with van der Waals surface area (Å²) < 4.78 is 0. The van der Waals surface area contributed by atoms with E-state index in [2.05, 4.69) is 10.6 Å². The van der Waals surface area contributed by atoms with Crippen molar-refractivity contribution in [1.82, 2.24) is 10.6 Å². The average molecular weight is 330 g/mol. The molecule has 2 amide bonds. The molecule has 2 atom stereocenters. The zero-order valence-electron chi connectivity index (χ0n) is 14.1. The number of carbonyl (C=O) groups excluding carboxylic acids is 2. The van der Waals surface area contributed by atoms with Crippen LogP contribution in [0.25, 0.3) is 0 Å². The summed E-state index contributed by atoms with van der Waals surface area (Å²) in [5, 5.41) is 5.53. The first-order valence-corrected chi connectivity index (χ1v) is 8.49. The molecule has 0 heterocycles. The van der Waals surface area contributed by atoms with E-state index in [1.165, 1.54) is 0 Å². The standard InChI is InChI=1S/C15H34N6O2/c16-8-3-1-6-12(18)14(22)20-10-5-11-21-15(23)13(19)7-2-4-9-17/h12-13H,1-11,16-19H2,(H,20,22)(H,21,23)/t12-,13-/m0/s1. The van der Waals surface area contributed by atoms with Gasteiger partial charge in [0, 0.05) is 13.1 Å². The quantitative estimate of drug-likeness (QED) is 0.213. The van der Waals surface area contributed by atoms with Gasteiger partial charge in [0.15, 0.2) is 0 Å². The fourth-order valence-corrected chi connectivity index (χ4v) is 2.05. The Morgan fingerprint density at radius 3 is 1.43 bits per heavy atom. The highest BCUT2D eigenvalue weighted by atomic mass is 16.2. The Balaban J connectivity index is 3.63. The Morgan fingerprint density at radius 1 is 0.696 bits per heavy atom. The molecule has 0 unspecified atom stereocenters. The van der Waals surface area contributed by atoms with Crippen molar-refractivity contribution >= 4 is 11.8 Å². The van der Waals surface area contributed by atoms with E-state index in [4.69, 9.17) is 22.9 Å². The second-order valence-corrected chi connectivity index (χ2v) is 5.72. The molecule has 0 saturated heterocycles. The Labute approximate surface area is 139 Å². The van der Waals surface area contributed by atoms with Crippen molar-refractivity contribution in [3.05, 3.63) is 0 Å². The van der Waals surface area contributed by atoms with Crippen molar-refractivity contribution < 1.29 is 9.59 Å². The summed E-state index contributed by atoms with van der Waals surface area (Å²) in [5.74, 6) is -0.321. The summed E-state index contributed by atoms with van der Waals surface area (Å²) in [5.41, 5.74) is 22.3. The maximum atomic E-state index is 11.7. The minimum absolute atomic E-state index is 0.160. The highest BCUT2D eigenvalue weighted by Crippen LogP contribution is 1.99. The molecule has 23 heavy (non-hydrogen) atoms. The molecular weight excluding hydrogens is 296 g/mol. The van der Waals surface area contributed by atoms with Crippen LogP contribution in [0, 0.1) is 0 Å². The first-order valence-electron chi connectivity index (χ1n) is 8.49. The lowest BCUT2D eigenvalue weighted by atomic mass is 10.1. The zero-order chi connectivity index (χ0) is 17.5. The van der Waals surface area contributed by atoms with Crippen LogP contribution in [0.15, 0.2) is 0 Å². The van der Waals surface area contributed by atoms with Crippen LogP contribution in [0.3, 0.4) is 0 Å². The molecule has 0 spiro atoms. The van der Waals surface area contributed by atoms with Crippen LogP contribution in [0.2, 0.25) is 0 Å². The van der Waals surface area contributed by atoms with Crippen molar-refractivity contribution in [2.75, 3.05) is 26.2 Å². The van der Waals surface area contributed by atoms with Crippen molar-refractivity contribution in [1.29, 1.82) is 0 Å². The van der Waals surface area contributed by atoms with Gasteiger partial charge in [-0.1, -0.05) is 12.8 Å². The second kappa shape index (κ2) is 14.4. The van der Waals surface area contributed by atoms with Crippen LogP contribution in [-0.2, 0) is 9.59 Å². The minimum atomic E-state index is -0.493. The highest BCUT2D eigenvalue weighted by molar-refractivity contribution is 5.82. The van der Waals surface area contributed by atoms with Crippen LogP contribution in [-0.4, -0.2) is 50.1 Å². The maximum Gasteiger partial charge on any atom is 0.236 e. The molecule has 0 aromatic carbocycles. The van der Waals surface area contributed by atoms with Gasteiger partial charge in [0.2, 0.25) is 11.8 Å². The van der Waals surface area contributed by atoms with E-state index in [0.717, 1.165) is 25.7 Å². The number of unbranched alkanes of at least 4 members (excludes halogenated alkanes) is 2. The third kappa shape index (κ3) is 11.9. The van der Waals surface area contributed by atoms with E-state index >= 15 is 0 Å². The second-order valence-electron chi connectivity index (χ2n) is 5.72. The Bertz CT molecular complexity index is 297. The lowest BCUT2D eigenvalue weighted by Gasteiger charge is -2.13. The van der Waals surface area contributed by atoms with Crippen LogP contribution < -0.4 is 33.6 Å². The molecule has 0 aliphatic carbocycles. The van der Waals surface area contributed by atoms with Gasteiger partial charge in [-0.25, -0.2) is 0 Å². The van der Waals surface area contributed by atoms with Gasteiger partial charge in [-0.15, -0.1) is 0 Å². The average Bonchev–Trinajstić information content (AvgIpc) is 2.54. The van der Waals surface area contributed by atoms with E-state index in [9.17, 15) is 9.59 Å². The molecule has 0 aromatic rings. The van der Waals surface area contributed by atoms with E-state index in [0.29, 0.717) is 45.4 Å². The molecule has 0 rings (SSSR count). The van der Waals surface area contributed by atoms with Crippen LogP contribution >= 0.6 is 0 Å². The normalized spacial score (nSPS) is 13.4. The number of amides is 2. The minimum Gasteiger partial charge on any atom is -0.355 e. The molecule has 0 saturated carbocycles. The Hall–Kier alpha value is -1.22. The van der Waals surface area contributed by atoms with Gasteiger partial charge in [0.25, 0.3) is 0 Å². The summed E-state index contributed by atoms with van der Waals surface area (Å²) in [6, 6.07) is -0.987. The van der Waals surface area contributed by atoms with Gasteiger partial charge in [-0.3, -0.25) is 9.59 Å². The number of nitrogens with two attached hydrogens (primary N) is 4. The van der Waals surface area contributed by atoms with Crippen LogP contribution in [0.4, 0.5) is 0 Å². The number of rotatable bonds is 14. The van der Waals surface area contributed by atoms with E-state index < -0.39 is 12.1 Å². The molecule has 136 valence electrons. The predicted molar refractivity (Wildman–Crippen MR) is 92.4 cm³/mol. The van der Waals surface area contributed by atoms with Gasteiger partial charge in [-0.05, 0) is 45.2 Å². The van der Waals surface area contributed by atoms with Crippen LogP contribution in [0.5, 0.6) is 0 Å². The summed E-state index contributed by atoms with van der Waals surface area (Å²) >= 11 is 0. The first kappa shape index (κ1) is 21.8. The third-order valence-electron chi connectivity index (χ3n) is 3.56. The largest absolute Gasteiger partial charge is 0.355 e. The summed E-state index contributed by atoms with van der Waals surface area (Å²) in [6.45, 7) is 2.18. The molecule has 0 aliphatic heterocycles. The fourth-order valence-electron chi connectivity index (χ4n) is 2.05. The van der Waals surface area contributed by atoms with Crippen LogP contribution in [0.1, 0.15) is 44.9 Å². The summed E-state index contributed by atoms with van der Waals surface area (Å²) in [6.07, 6.45) is 5.36. The number of hydrogen-bond donors (Lipinski definition) is 6. The van der Waals surface area contributed by atoms with Gasteiger partial charge in [-0.2, -0.15) is 0 Å². The first-order chi connectivity index (χ1) is 11.0. The van der Waals surface area contributed by atoms with Gasteiger partial charge in [0.1, 0.15) is 0 Å². The van der Waals surface area contributed by atoms with E-state index in [1.807, 2.05) is 0 Å². The lowest BCUT2D eigenvalue weighted by Crippen LogP contribution is -2.43. The van der Waals surface area contributed by atoms with E-state index in [1.54, 1.807) is 0 Å². The summed E-state index contributed by atoms with van der Waals surface area (Å²) in [7, 11) is 0. The molecule has 0 aliphatic rings. The molecule has 0 bridgehead atoms. The molecular formula is C15H34N6O2. The molecule has 8 heteroatoms. The molecule has 0 aromatic heterocycles. The Morgan fingerprint density at radius 2 is 1.09 bits per heavy atom.